The highest BCUT2D eigenvalue weighted by Gasteiger charge is 2.06. The van der Waals surface area contributed by atoms with E-state index in [1.54, 1.807) is 6.92 Å². The Morgan fingerprint density at radius 3 is 2.73 bits per heavy atom. The van der Waals surface area contributed by atoms with Crippen LogP contribution in [0.5, 0.6) is 0 Å². The number of sulfone groups is 1. The van der Waals surface area contributed by atoms with Crippen molar-refractivity contribution < 1.29 is 12.8 Å². The van der Waals surface area contributed by atoms with Gasteiger partial charge in [-0.15, -0.1) is 0 Å². The van der Waals surface area contributed by atoms with Crippen molar-refractivity contribution in [3.8, 4) is 0 Å². The lowest BCUT2D eigenvalue weighted by molar-refractivity contribution is 0.597. The molecule has 15 heavy (non-hydrogen) atoms. The maximum atomic E-state index is 12.5. The first-order valence-corrected chi connectivity index (χ1v) is 6.41. The minimum atomic E-state index is -2.96. The monoisotopic (exact) mass is 232 g/mol. The molecule has 84 valence electrons. The van der Waals surface area contributed by atoms with Gasteiger partial charge in [-0.1, -0.05) is 6.92 Å². The quantitative estimate of drug-likeness (QED) is 0.825. The molecule has 1 heterocycles. The van der Waals surface area contributed by atoms with Crippen LogP contribution in [0.15, 0.2) is 18.3 Å². The first kappa shape index (κ1) is 11.9. The topological polar surface area (TPSA) is 59.1 Å². The minimum Gasteiger partial charge on any atom is -0.369 e. The molecule has 1 aromatic rings. The predicted octanol–water partition coefficient (Wildman–Crippen LogP) is 1.07. The van der Waals surface area contributed by atoms with Crippen LogP contribution < -0.4 is 5.32 Å². The van der Waals surface area contributed by atoms with Gasteiger partial charge in [0.05, 0.1) is 11.9 Å². The van der Waals surface area contributed by atoms with Crippen molar-refractivity contribution in [3.05, 3.63) is 24.1 Å². The van der Waals surface area contributed by atoms with E-state index >= 15 is 0 Å². The molecule has 0 unspecified atom stereocenters. The molecule has 0 saturated carbocycles. The van der Waals surface area contributed by atoms with Crippen LogP contribution in [0.1, 0.15) is 6.92 Å². The Hall–Kier alpha value is -1.17. The SMILES string of the molecule is CCS(=O)(=O)CCNc1ccc(F)cn1. The fourth-order valence-electron chi connectivity index (χ4n) is 0.959. The van der Waals surface area contributed by atoms with E-state index in [2.05, 4.69) is 10.3 Å². The Kier molecular flexibility index (Phi) is 4.02. The molecule has 0 spiro atoms. The third kappa shape index (κ3) is 4.24. The van der Waals surface area contributed by atoms with Gasteiger partial charge in [-0.2, -0.15) is 0 Å². The molecule has 0 atom stereocenters. The molecular weight excluding hydrogens is 219 g/mol. The summed E-state index contributed by atoms with van der Waals surface area (Å²) in [4.78, 5) is 3.74. The number of aromatic nitrogens is 1. The predicted molar refractivity (Wildman–Crippen MR) is 57.0 cm³/mol. The van der Waals surface area contributed by atoms with E-state index in [-0.39, 0.29) is 18.1 Å². The van der Waals surface area contributed by atoms with Crippen molar-refractivity contribution >= 4 is 15.7 Å². The van der Waals surface area contributed by atoms with Gasteiger partial charge >= 0.3 is 0 Å². The van der Waals surface area contributed by atoms with Crippen molar-refractivity contribution in [2.24, 2.45) is 0 Å². The van der Waals surface area contributed by atoms with Gasteiger partial charge in [0, 0.05) is 12.3 Å². The van der Waals surface area contributed by atoms with Crippen LogP contribution in [0.2, 0.25) is 0 Å². The lowest BCUT2D eigenvalue weighted by Gasteiger charge is -2.04. The second-order valence-corrected chi connectivity index (χ2v) is 5.50. The minimum absolute atomic E-state index is 0.0581. The summed E-state index contributed by atoms with van der Waals surface area (Å²) < 4.78 is 34.7. The highest BCUT2D eigenvalue weighted by molar-refractivity contribution is 7.91. The number of nitrogens with zero attached hydrogens (tertiary/aromatic N) is 1. The highest BCUT2D eigenvalue weighted by atomic mass is 32.2. The van der Waals surface area contributed by atoms with Gasteiger partial charge in [0.1, 0.15) is 11.6 Å². The average Bonchev–Trinajstić information content (AvgIpc) is 2.21. The molecule has 0 fully saturated rings. The number of nitrogens with one attached hydrogen (secondary N) is 1. The molecule has 1 aromatic heterocycles. The van der Waals surface area contributed by atoms with Crippen molar-refractivity contribution in [2.45, 2.75) is 6.92 Å². The van der Waals surface area contributed by atoms with Gasteiger partial charge in [0.2, 0.25) is 0 Å². The van der Waals surface area contributed by atoms with Crippen LogP contribution in [-0.2, 0) is 9.84 Å². The number of rotatable bonds is 5. The molecule has 4 nitrogen and oxygen atoms in total. The Morgan fingerprint density at radius 1 is 1.47 bits per heavy atom. The summed E-state index contributed by atoms with van der Waals surface area (Å²) in [5.74, 6) is 0.248. The zero-order chi connectivity index (χ0) is 11.3. The molecule has 0 saturated heterocycles. The fraction of sp³-hybridized carbons (Fsp3) is 0.444. The Morgan fingerprint density at radius 2 is 2.20 bits per heavy atom. The highest BCUT2D eigenvalue weighted by Crippen LogP contribution is 2.03. The lowest BCUT2D eigenvalue weighted by Crippen LogP contribution is -2.17. The first-order chi connectivity index (χ1) is 7.03. The summed E-state index contributed by atoms with van der Waals surface area (Å²) in [5, 5.41) is 2.81. The third-order valence-corrected chi connectivity index (χ3v) is 3.59. The van der Waals surface area contributed by atoms with Crippen molar-refractivity contribution in [1.82, 2.24) is 4.98 Å². The number of anilines is 1. The maximum Gasteiger partial charge on any atom is 0.151 e. The van der Waals surface area contributed by atoms with Crippen LogP contribution in [0.4, 0.5) is 10.2 Å². The summed E-state index contributed by atoms with van der Waals surface area (Å²) >= 11 is 0. The van der Waals surface area contributed by atoms with E-state index in [4.69, 9.17) is 0 Å². The maximum absolute atomic E-state index is 12.5. The summed E-state index contributed by atoms with van der Waals surface area (Å²) in [6.45, 7) is 1.89. The summed E-state index contributed by atoms with van der Waals surface area (Å²) in [6, 6.07) is 2.73. The lowest BCUT2D eigenvalue weighted by atomic mass is 10.4. The summed E-state index contributed by atoms with van der Waals surface area (Å²) in [6.07, 6.45) is 1.08. The molecule has 0 aromatic carbocycles. The second kappa shape index (κ2) is 5.06. The smallest absolute Gasteiger partial charge is 0.151 e. The zero-order valence-corrected chi connectivity index (χ0v) is 9.22. The second-order valence-electron chi connectivity index (χ2n) is 3.02. The molecule has 0 radical (unpaired) electrons. The summed E-state index contributed by atoms with van der Waals surface area (Å²) in [7, 11) is -2.96. The largest absolute Gasteiger partial charge is 0.369 e. The van der Waals surface area contributed by atoms with E-state index in [0.29, 0.717) is 5.82 Å². The molecule has 0 aliphatic heterocycles. The van der Waals surface area contributed by atoms with Crippen LogP contribution in [-0.4, -0.2) is 31.5 Å². The van der Waals surface area contributed by atoms with Gasteiger partial charge in [-0.25, -0.2) is 17.8 Å². The molecule has 6 heteroatoms. The van der Waals surface area contributed by atoms with Crippen LogP contribution in [0, 0.1) is 5.82 Å². The van der Waals surface area contributed by atoms with E-state index in [1.165, 1.54) is 12.1 Å². The van der Waals surface area contributed by atoms with Crippen LogP contribution in [0.25, 0.3) is 0 Å². The van der Waals surface area contributed by atoms with E-state index in [0.717, 1.165) is 6.20 Å². The Bertz CT molecular complexity index is 403. The number of pyridine rings is 1. The molecule has 1 N–H and O–H groups in total. The van der Waals surface area contributed by atoms with Crippen LogP contribution in [0.3, 0.4) is 0 Å². The zero-order valence-electron chi connectivity index (χ0n) is 8.40. The Labute approximate surface area is 88.5 Å². The third-order valence-electron chi connectivity index (χ3n) is 1.89. The molecule has 1 rings (SSSR count). The number of halogens is 1. The van der Waals surface area contributed by atoms with Crippen molar-refractivity contribution in [3.63, 3.8) is 0 Å². The summed E-state index contributed by atoms with van der Waals surface area (Å²) in [5.41, 5.74) is 0. The van der Waals surface area contributed by atoms with E-state index in [9.17, 15) is 12.8 Å². The standard InChI is InChI=1S/C9H13FN2O2S/c1-2-15(13,14)6-5-11-9-4-3-8(10)7-12-9/h3-4,7H,2,5-6H2,1H3,(H,11,12). The van der Waals surface area contributed by atoms with Crippen LogP contribution >= 0.6 is 0 Å². The first-order valence-electron chi connectivity index (χ1n) is 4.59. The van der Waals surface area contributed by atoms with Gasteiger partial charge in [0.25, 0.3) is 0 Å². The molecule has 0 amide bonds. The number of hydrogen-bond donors (Lipinski definition) is 1. The van der Waals surface area contributed by atoms with Gasteiger partial charge in [-0.3, -0.25) is 0 Å². The molecule has 0 aliphatic carbocycles. The molecular formula is C9H13FN2O2S. The Balaban J connectivity index is 2.42. The molecule has 0 aliphatic rings. The van der Waals surface area contributed by atoms with Gasteiger partial charge in [-0.05, 0) is 12.1 Å². The van der Waals surface area contributed by atoms with Crippen molar-refractivity contribution in [1.29, 1.82) is 0 Å². The molecule has 0 bridgehead atoms. The number of hydrogen-bond acceptors (Lipinski definition) is 4. The average molecular weight is 232 g/mol. The van der Waals surface area contributed by atoms with E-state index < -0.39 is 15.7 Å². The fourth-order valence-corrected chi connectivity index (χ4v) is 1.66. The van der Waals surface area contributed by atoms with Gasteiger partial charge < -0.3 is 5.32 Å². The normalized spacial score (nSPS) is 11.3. The van der Waals surface area contributed by atoms with Crippen molar-refractivity contribution in [2.75, 3.05) is 23.4 Å². The van der Waals surface area contributed by atoms with Gasteiger partial charge in [0.15, 0.2) is 9.84 Å². The van der Waals surface area contributed by atoms with E-state index in [1.807, 2.05) is 0 Å².